The van der Waals surface area contributed by atoms with Gasteiger partial charge in [0.05, 0.1) is 0 Å². The SMILES string of the molecule is CC.O=C1CCCCN1c1ccccc1CCO. The number of carbonyl (C=O) groups excluding carboxylic acids is 1. The fourth-order valence-corrected chi connectivity index (χ4v) is 2.17. The van der Waals surface area contributed by atoms with E-state index in [4.69, 9.17) is 5.11 Å². The first-order chi connectivity index (χ1) is 8.83. The molecule has 1 aliphatic rings. The van der Waals surface area contributed by atoms with Crippen LogP contribution in [0.15, 0.2) is 24.3 Å². The minimum atomic E-state index is 0.124. The molecule has 1 aromatic carbocycles. The molecule has 1 fully saturated rings. The Bertz CT molecular complexity index is 377. The molecule has 1 aromatic rings. The van der Waals surface area contributed by atoms with E-state index in [0.29, 0.717) is 12.8 Å². The predicted octanol–water partition coefficient (Wildman–Crippen LogP) is 2.76. The van der Waals surface area contributed by atoms with Gasteiger partial charge in [-0.3, -0.25) is 4.79 Å². The number of hydrogen-bond donors (Lipinski definition) is 1. The Labute approximate surface area is 109 Å². The van der Waals surface area contributed by atoms with E-state index >= 15 is 0 Å². The Kier molecular flexibility index (Phi) is 6.44. The minimum Gasteiger partial charge on any atom is -0.396 e. The number of aliphatic hydroxyl groups is 1. The van der Waals surface area contributed by atoms with Gasteiger partial charge in [-0.15, -0.1) is 0 Å². The number of benzene rings is 1. The molecule has 0 bridgehead atoms. The number of carbonyl (C=O) groups is 1. The van der Waals surface area contributed by atoms with Crippen molar-refractivity contribution >= 4 is 11.6 Å². The second-order valence-corrected chi connectivity index (χ2v) is 4.10. The molecule has 0 spiro atoms. The summed E-state index contributed by atoms with van der Waals surface area (Å²) >= 11 is 0. The number of nitrogens with zero attached hydrogens (tertiary/aromatic N) is 1. The molecule has 0 atom stereocenters. The van der Waals surface area contributed by atoms with E-state index in [1.807, 2.05) is 43.0 Å². The molecule has 1 N–H and O–H groups in total. The molecule has 3 nitrogen and oxygen atoms in total. The summed E-state index contributed by atoms with van der Waals surface area (Å²) in [6.45, 7) is 4.93. The zero-order chi connectivity index (χ0) is 13.4. The van der Waals surface area contributed by atoms with Gasteiger partial charge in [0.25, 0.3) is 0 Å². The average molecular weight is 249 g/mol. The first-order valence-corrected chi connectivity index (χ1v) is 6.82. The Hall–Kier alpha value is -1.35. The predicted molar refractivity (Wildman–Crippen MR) is 74.8 cm³/mol. The molecular formula is C15H23NO2. The minimum absolute atomic E-state index is 0.124. The molecule has 2 rings (SSSR count). The largest absolute Gasteiger partial charge is 0.396 e. The Balaban J connectivity index is 0.000000771. The molecule has 1 heterocycles. The summed E-state index contributed by atoms with van der Waals surface area (Å²) in [5, 5.41) is 9.00. The number of para-hydroxylation sites is 1. The monoisotopic (exact) mass is 249 g/mol. The van der Waals surface area contributed by atoms with E-state index in [1.165, 1.54) is 0 Å². The summed E-state index contributed by atoms with van der Waals surface area (Å²) in [6, 6.07) is 7.84. The number of aliphatic hydroxyl groups excluding tert-OH is 1. The van der Waals surface area contributed by atoms with Gasteiger partial charge in [-0.2, -0.15) is 0 Å². The van der Waals surface area contributed by atoms with E-state index in [1.54, 1.807) is 0 Å². The quantitative estimate of drug-likeness (QED) is 0.895. The van der Waals surface area contributed by atoms with Crippen molar-refractivity contribution in [2.45, 2.75) is 39.5 Å². The maximum atomic E-state index is 11.8. The summed E-state index contributed by atoms with van der Waals surface area (Å²) < 4.78 is 0. The number of hydrogen-bond acceptors (Lipinski definition) is 2. The van der Waals surface area contributed by atoms with Gasteiger partial charge in [-0.05, 0) is 30.9 Å². The molecule has 1 amide bonds. The van der Waals surface area contributed by atoms with Crippen LogP contribution in [0.3, 0.4) is 0 Å². The fourth-order valence-electron chi connectivity index (χ4n) is 2.17. The van der Waals surface area contributed by atoms with Crippen LogP contribution in [0.25, 0.3) is 0 Å². The fraction of sp³-hybridized carbons (Fsp3) is 0.533. The van der Waals surface area contributed by atoms with Crippen LogP contribution in [0.4, 0.5) is 5.69 Å². The molecule has 18 heavy (non-hydrogen) atoms. The number of piperidine rings is 1. The summed E-state index contributed by atoms with van der Waals surface area (Å²) in [6.07, 6.45) is 3.32. The highest BCUT2D eigenvalue weighted by atomic mass is 16.3. The van der Waals surface area contributed by atoms with Crippen LogP contribution in [0.1, 0.15) is 38.7 Å². The third-order valence-corrected chi connectivity index (χ3v) is 2.99. The lowest BCUT2D eigenvalue weighted by Gasteiger charge is -2.28. The van der Waals surface area contributed by atoms with E-state index in [-0.39, 0.29) is 12.5 Å². The highest BCUT2D eigenvalue weighted by Gasteiger charge is 2.21. The Morgan fingerprint density at radius 1 is 1.22 bits per heavy atom. The third kappa shape index (κ3) is 3.57. The zero-order valence-electron chi connectivity index (χ0n) is 11.4. The number of rotatable bonds is 3. The normalized spacial score (nSPS) is 15.1. The van der Waals surface area contributed by atoms with Gasteiger partial charge in [0, 0.05) is 25.3 Å². The van der Waals surface area contributed by atoms with Crippen molar-refractivity contribution in [1.82, 2.24) is 0 Å². The van der Waals surface area contributed by atoms with Gasteiger partial charge in [0.15, 0.2) is 0 Å². The molecule has 1 aliphatic heterocycles. The van der Waals surface area contributed by atoms with Crippen LogP contribution in [0, 0.1) is 0 Å². The average Bonchev–Trinajstić information content (AvgIpc) is 2.43. The molecule has 3 heteroatoms. The zero-order valence-corrected chi connectivity index (χ0v) is 11.4. The van der Waals surface area contributed by atoms with Crippen molar-refractivity contribution in [2.24, 2.45) is 0 Å². The molecular weight excluding hydrogens is 226 g/mol. The van der Waals surface area contributed by atoms with Crippen molar-refractivity contribution < 1.29 is 9.90 Å². The van der Waals surface area contributed by atoms with Crippen LogP contribution in [0.2, 0.25) is 0 Å². The van der Waals surface area contributed by atoms with Crippen molar-refractivity contribution in [3.63, 3.8) is 0 Å². The summed E-state index contributed by atoms with van der Waals surface area (Å²) in [5.74, 6) is 0.205. The van der Waals surface area contributed by atoms with E-state index in [2.05, 4.69) is 0 Å². The maximum Gasteiger partial charge on any atom is 0.226 e. The maximum absolute atomic E-state index is 11.8. The first kappa shape index (κ1) is 14.7. The molecule has 0 saturated carbocycles. The molecule has 100 valence electrons. The Morgan fingerprint density at radius 3 is 2.61 bits per heavy atom. The molecule has 0 unspecified atom stereocenters. The van der Waals surface area contributed by atoms with Crippen LogP contribution < -0.4 is 4.90 Å². The van der Waals surface area contributed by atoms with Gasteiger partial charge < -0.3 is 10.0 Å². The lowest BCUT2D eigenvalue weighted by Crippen LogP contribution is -2.35. The van der Waals surface area contributed by atoms with E-state index in [0.717, 1.165) is 30.6 Å². The van der Waals surface area contributed by atoms with E-state index < -0.39 is 0 Å². The van der Waals surface area contributed by atoms with Crippen LogP contribution in [-0.4, -0.2) is 24.2 Å². The number of anilines is 1. The lowest BCUT2D eigenvalue weighted by atomic mass is 10.0. The van der Waals surface area contributed by atoms with Crippen molar-refractivity contribution in [1.29, 1.82) is 0 Å². The van der Waals surface area contributed by atoms with Crippen molar-refractivity contribution in [3.8, 4) is 0 Å². The molecule has 0 radical (unpaired) electrons. The highest BCUT2D eigenvalue weighted by molar-refractivity contribution is 5.94. The van der Waals surface area contributed by atoms with Crippen LogP contribution in [0.5, 0.6) is 0 Å². The van der Waals surface area contributed by atoms with Gasteiger partial charge >= 0.3 is 0 Å². The summed E-state index contributed by atoms with van der Waals surface area (Å²) in [7, 11) is 0. The van der Waals surface area contributed by atoms with E-state index in [9.17, 15) is 4.79 Å². The topological polar surface area (TPSA) is 40.5 Å². The van der Waals surface area contributed by atoms with Crippen LogP contribution >= 0.6 is 0 Å². The second-order valence-electron chi connectivity index (χ2n) is 4.10. The second kappa shape index (κ2) is 7.88. The summed E-state index contributed by atoms with van der Waals surface area (Å²) in [4.78, 5) is 13.7. The first-order valence-electron chi connectivity index (χ1n) is 6.82. The van der Waals surface area contributed by atoms with Crippen molar-refractivity contribution in [2.75, 3.05) is 18.1 Å². The lowest BCUT2D eigenvalue weighted by molar-refractivity contribution is -0.119. The van der Waals surface area contributed by atoms with Gasteiger partial charge in [-0.25, -0.2) is 0 Å². The number of amides is 1. The van der Waals surface area contributed by atoms with Crippen LogP contribution in [-0.2, 0) is 11.2 Å². The Morgan fingerprint density at radius 2 is 1.94 bits per heavy atom. The third-order valence-electron chi connectivity index (χ3n) is 2.99. The molecule has 1 saturated heterocycles. The molecule has 0 aromatic heterocycles. The highest BCUT2D eigenvalue weighted by Crippen LogP contribution is 2.25. The van der Waals surface area contributed by atoms with Gasteiger partial charge in [0.2, 0.25) is 5.91 Å². The van der Waals surface area contributed by atoms with Crippen molar-refractivity contribution in [3.05, 3.63) is 29.8 Å². The standard InChI is InChI=1S/C13H17NO2.C2H6/c15-10-8-11-5-1-2-6-12(11)14-9-4-3-7-13(14)16;1-2/h1-2,5-6,15H,3-4,7-10H2;1-2H3. The smallest absolute Gasteiger partial charge is 0.226 e. The summed E-state index contributed by atoms with van der Waals surface area (Å²) in [5.41, 5.74) is 2.03. The van der Waals surface area contributed by atoms with Gasteiger partial charge in [0.1, 0.15) is 0 Å². The molecule has 0 aliphatic carbocycles. The van der Waals surface area contributed by atoms with Gasteiger partial charge in [-0.1, -0.05) is 32.0 Å².